The Balaban J connectivity index is 1.83. The molecule has 0 radical (unpaired) electrons. The van der Waals surface area contributed by atoms with Crippen LogP contribution in [0.1, 0.15) is 24.1 Å². The topological polar surface area (TPSA) is 49.2 Å². The molecule has 2 aromatic carbocycles. The highest BCUT2D eigenvalue weighted by molar-refractivity contribution is 6.31. The third-order valence-corrected chi connectivity index (χ3v) is 4.96. The molecule has 1 aliphatic rings. The molecule has 0 N–H and O–H groups in total. The van der Waals surface area contributed by atoms with E-state index in [1.165, 1.54) is 5.56 Å². The molecule has 0 saturated carbocycles. The Kier molecular flexibility index (Phi) is 4.50. The molecule has 1 aromatic heterocycles. The summed E-state index contributed by atoms with van der Waals surface area (Å²) in [5.41, 5.74) is 2.53. The van der Waals surface area contributed by atoms with Crippen LogP contribution < -0.4 is 4.90 Å². The summed E-state index contributed by atoms with van der Waals surface area (Å²) in [5.74, 6) is 0.792. The quantitative estimate of drug-likeness (QED) is 0.660. The van der Waals surface area contributed by atoms with Gasteiger partial charge in [-0.3, -0.25) is 0 Å². The Morgan fingerprint density at radius 3 is 2.77 bits per heavy atom. The molecule has 26 heavy (non-hydrogen) atoms. The molecular formula is C21H18ClN3O. The van der Waals surface area contributed by atoms with Crippen molar-refractivity contribution in [3.8, 4) is 6.07 Å². The van der Waals surface area contributed by atoms with E-state index in [-0.39, 0.29) is 12.1 Å². The van der Waals surface area contributed by atoms with Crippen LogP contribution in [0.3, 0.4) is 0 Å². The standard InChI is InChI=1S/C21H18ClN3O/c1-14-12-25(20(13-26-14)15-5-3-2-4-6-15)21-9-16(11-23)18-10-17(22)7-8-19(18)24-21/h2-10,14,20H,12-13H2,1H3. The molecule has 0 bridgehead atoms. The minimum Gasteiger partial charge on any atom is -0.374 e. The number of pyridine rings is 1. The minimum absolute atomic E-state index is 0.0659. The number of ether oxygens (including phenoxy) is 1. The number of hydrogen-bond donors (Lipinski definition) is 0. The Bertz CT molecular complexity index is 984. The summed E-state index contributed by atoms with van der Waals surface area (Å²) in [6.45, 7) is 3.37. The molecule has 4 rings (SSSR count). The highest BCUT2D eigenvalue weighted by atomic mass is 35.5. The zero-order valence-electron chi connectivity index (χ0n) is 14.4. The predicted molar refractivity (Wildman–Crippen MR) is 103 cm³/mol. The molecule has 0 aliphatic carbocycles. The molecule has 4 nitrogen and oxygen atoms in total. The van der Waals surface area contributed by atoms with Crippen molar-refractivity contribution >= 4 is 28.3 Å². The summed E-state index contributed by atoms with van der Waals surface area (Å²) in [6.07, 6.45) is 0.100. The zero-order valence-corrected chi connectivity index (χ0v) is 15.1. The summed E-state index contributed by atoms with van der Waals surface area (Å²) in [7, 11) is 0. The fraction of sp³-hybridized carbons (Fsp3) is 0.238. The van der Waals surface area contributed by atoms with Crippen molar-refractivity contribution in [3.63, 3.8) is 0 Å². The number of nitrogens with zero attached hydrogens (tertiary/aromatic N) is 3. The molecule has 1 aliphatic heterocycles. The van der Waals surface area contributed by atoms with Gasteiger partial charge < -0.3 is 9.64 Å². The number of nitriles is 1. The summed E-state index contributed by atoms with van der Waals surface area (Å²) in [6, 6.07) is 19.9. The van der Waals surface area contributed by atoms with Crippen molar-refractivity contribution in [2.45, 2.75) is 19.1 Å². The Hall–Kier alpha value is -2.61. The highest BCUT2D eigenvalue weighted by Gasteiger charge is 2.29. The molecule has 1 saturated heterocycles. The maximum atomic E-state index is 9.62. The normalized spacial score (nSPS) is 20.1. The van der Waals surface area contributed by atoms with E-state index in [0.29, 0.717) is 17.2 Å². The Morgan fingerprint density at radius 1 is 1.19 bits per heavy atom. The van der Waals surface area contributed by atoms with Gasteiger partial charge in [0.05, 0.1) is 35.9 Å². The number of fused-ring (bicyclic) bond motifs is 1. The van der Waals surface area contributed by atoms with E-state index >= 15 is 0 Å². The lowest BCUT2D eigenvalue weighted by Gasteiger charge is -2.40. The lowest BCUT2D eigenvalue weighted by atomic mass is 10.0. The average Bonchev–Trinajstić information content (AvgIpc) is 2.67. The molecule has 130 valence electrons. The molecule has 2 unspecified atom stereocenters. The van der Waals surface area contributed by atoms with Crippen LogP contribution in [0.15, 0.2) is 54.6 Å². The van der Waals surface area contributed by atoms with Crippen molar-refractivity contribution in [1.82, 2.24) is 4.98 Å². The van der Waals surface area contributed by atoms with Gasteiger partial charge in [0, 0.05) is 17.0 Å². The lowest BCUT2D eigenvalue weighted by molar-refractivity contribution is 0.0300. The van der Waals surface area contributed by atoms with E-state index in [1.807, 2.05) is 30.3 Å². The Morgan fingerprint density at radius 2 is 2.00 bits per heavy atom. The summed E-state index contributed by atoms with van der Waals surface area (Å²) in [4.78, 5) is 7.05. The van der Waals surface area contributed by atoms with Crippen molar-refractivity contribution in [1.29, 1.82) is 5.26 Å². The summed E-state index contributed by atoms with van der Waals surface area (Å²) < 4.78 is 5.90. The molecule has 3 aromatic rings. The maximum absolute atomic E-state index is 9.62. The fourth-order valence-electron chi connectivity index (χ4n) is 3.43. The first kappa shape index (κ1) is 16.8. The van der Waals surface area contributed by atoms with Crippen LogP contribution in [0.25, 0.3) is 10.9 Å². The van der Waals surface area contributed by atoms with Crippen molar-refractivity contribution in [2.24, 2.45) is 0 Å². The SMILES string of the molecule is CC1CN(c2cc(C#N)c3cc(Cl)ccc3n2)C(c2ccccc2)CO1. The second-order valence-electron chi connectivity index (χ2n) is 6.52. The van der Waals surface area contributed by atoms with Gasteiger partial charge in [0.1, 0.15) is 5.82 Å². The van der Waals surface area contributed by atoms with Gasteiger partial charge in [-0.25, -0.2) is 4.98 Å². The molecule has 5 heteroatoms. The number of benzene rings is 2. The lowest BCUT2D eigenvalue weighted by Crippen LogP contribution is -2.44. The van der Waals surface area contributed by atoms with Crippen molar-refractivity contribution in [3.05, 3.63) is 70.7 Å². The number of anilines is 1. The van der Waals surface area contributed by atoms with Gasteiger partial charge in [-0.15, -0.1) is 0 Å². The molecule has 0 amide bonds. The van der Waals surface area contributed by atoms with Gasteiger partial charge in [-0.2, -0.15) is 5.26 Å². The van der Waals surface area contributed by atoms with Gasteiger partial charge in [-0.1, -0.05) is 41.9 Å². The van der Waals surface area contributed by atoms with Crippen LogP contribution in [0.5, 0.6) is 0 Å². The van der Waals surface area contributed by atoms with Crippen LogP contribution in [0.4, 0.5) is 5.82 Å². The molecule has 1 fully saturated rings. The van der Waals surface area contributed by atoms with E-state index < -0.39 is 0 Å². The number of morpholine rings is 1. The van der Waals surface area contributed by atoms with Gasteiger partial charge in [0.15, 0.2) is 0 Å². The monoisotopic (exact) mass is 363 g/mol. The van der Waals surface area contributed by atoms with E-state index in [1.54, 1.807) is 12.1 Å². The first-order valence-corrected chi connectivity index (χ1v) is 8.97. The number of hydrogen-bond acceptors (Lipinski definition) is 4. The number of rotatable bonds is 2. The average molecular weight is 364 g/mol. The van der Waals surface area contributed by atoms with Gasteiger partial charge in [0.25, 0.3) is 0 Å². The number of aromatic nitrogens is 1. The first-order valence-electron chi connectivity index (χ1n) is 8.59. The minimum atomic E-state index is 0.0659. The third kappa shape index (κ3) is 3.12. The van der Waals surface area contributed by atoms with E-state index in [9.17, 15) is 5.26 Å². The van der Waals surface area contributed by atoms with E-state index in [4.69, 9.17) is 21.3 Å². The van der Waals surface area contributed by atoms with E-state index in [2.05, 4.69) is 30.0 Å². The Labute approximate surface area is 157 Å². The molecule has 0 spiro atoms. The maximum Gasteiger partial charge on any atom is 0.131 e. The predicted octanol–water partition coefficient (Wildman–Crippen LogP) is 4.73. The van der Waals surface area contributed by atoms with E-state index in [0.717, 1.165) is 23.3 Å². The zero-order chi connectivity index (χ0) is 18.1. The van der Waals surface area contributed by atoms with Gasteiger partial charge >= 0.3 is 0 Å². The second-order valence-corrected chi connectivity index (χ2v) is 6.96. The molecule has 2 atom stereocenters. The van der Waals surface area contributed by atoms with Crippen LogP contribution in [0.2, 0.25) is 5.02 Å². The molecule has 2 heterocycles. The molecular weight excluding hydrogens is 346 g/mol. The third-order valence-electron chi connectivity index (χ3n) is 4.72. The first-order chi connectivity index (χ1) is 12.7. The van der Waals surface area contributed by atoms with Crippen molar-refractivity contribution < 1.29 is 4.74 Å². The summed E-state index contributed by atoms with van der Waals surface area (Å²) in [5, 5.41) is 11.0. The second kappa shape index (κ2) is 6.95. The fourth-order valence-corrected chi connectivity index (χ4v) is 3.60. The van der Waals surface area contributed by atoms with Gasteiger partial charge in [0.2, 0.25) is 0 Å². The summed E-state index contributed by atoms with van der Waals surface area (Å²) >= 11 is 6.09. The van der Waals surface area contributed by atoms with Crippen LogP contribution in [-0.2, 0) is 4.74 Å². The highest BCUT2D eigenvalue weighted by Crippen LogP contribution is 2.33. The largest absolute Gasteiger partial charge is 0.374 e. The van der Waals surface area contributed by atoms with Crippen LogP contribution in [0, 0.1) is 11.3 Å². The van der Waals surface area contributed by atoms with Crippen molar-refractivity contribution in [2.75, 3.05) is 18.1 Å². The van der Waals surface area contributed by atoms with Crippen LogP contribution in [-0.4, -0.2) is 24.2 Å². The number of halogens is 1. The smallest absolute Gasteiger partial charge is 0.131 e. The van der Waals surface area contributed by atoms with Gasteiger partial charge in [-0.05, 0) is 36.8 Å². The van der Waals surface area contributed by atoms with Crippen LogP contribution >= 0.6 is 11.6 Å².